The van der Waals surface area contributed by atoms with Crippen LogP contribution in [0.1, 0.15) is 16.8 Å². The quantitative estimate of drug-likeness (QED) is 0.827. The molecule has 126 valence electrons. The molecule has 25 heavy (non-hydrogen) atoms. The van der Waals surface area contributed by atoms with E-state index in [4.69, 9.17) is 10.5 Å². The van der Waals surface area contributed by atoms with Crippen molar-refractivity contribution in [2.75, 3.05) is 26.3 Å². The van der Waals surface area contributed by atoms with Crippen molar-refractivity contribution in [3.05, 3.63) is 47.3 Å². The molecule has 2 aliphatic heterocycles. The van der Waals surface area contributed by atoms with Crippen LogP contribution in [0.3, 0.4) is 0 Å². The van der Waals surface area contributed by atoms with Gasteiger partial charge >= 0.3 is 0 Å². The summed E-state index contributed by atoms with van der Waals surface area (Å²) in [6.07, 6.45) is -0.209. The standard InChI is InChI=1S/C18H17N5O2/c19-11-14-16(23-6-8-25-9-7-23)22-17(21)18(14,12-20)10-15(24)13-4-2-1-3-5-13/h1-5H,6-10H2,(H2,21,22). The van der Waals surface area contributed by atoms with Gasteiger partial charge in [0.25, 0.3) is 0 Å². The lowest BCUT2D eigenvalue weighted by molar-refractivity contribution is 0.0528. The molecule has 2 aliphatic rings. The number of aliphatic imine (C=N–C) groups is 1. The van der Waals surface area contributed by atoms with E-state index in [9.17, 15) is 15.3 Å². The average molecular weight is 335 g/mol. The summed E-state index contributed by atoms with van der Waals surface area (Å²) in [7, 11) is 0. The van der Waals surface area contributed by atoms with Gasteiger partial charge in [0.05, 0.1) is 19.3 Å². The predicted octanol–water partition coefficient (Wildman–Crippen LogP) is 1.21. The molecule has 1 atom stereocenters. The second-order valence-corrected chi connectivity index (χ2v) is 5.89. The van der Waals surface area contributed by atoms with Gasteiger partial charge in [-0.05, 0) is 0 Å². The van der Waals surface area contributed by atoms with Crippen LogP contribution in [0.25, 0.3) is 0 Å². The molecule has 0 aliphatic carbocycles. The number of benzene rings is 1. The molecule has 7 nitrogen and oxygen atoms in total. The van der Waals surface area contributed by atoms with Gasteiger partial charge in [0, 0.05) is 25.1 Å². The number of nitrogens with two attached hydrogens (primary N) is 1. The number of hydrogen-bond donors (Lipinski definition) is 1. The lowest BCUT2D eigenvalue weighted by Gasteiger charge is -2.28. The van der Waals surface area contributed by atoms with Crippen LogP contribution in [0.2, 0.25) is 0 Å². The van der Waals surface area contributed by atoms with Crippen molar-refractivity contribution in [3.63, 3.8) is 0 Å². The largest absolute Gasteiger partial charge is 0.385 e. The van der Waals surface area contributed by atoms with Crippen LogP contribution in [0, 0.1) is 28.1 Å². The van der Waals surface area contributed by atoms with Crippen LogP contribution in [-0.4, -0.2) is 42.8 Å². The summed E-state index contributed by atoms with van der Waals surface area (Å²) in [4.78, 5) is 18.8. The van der Waals surface area contributed by atoms with E-state index in [1.54, 1.807) is 30.3 Å². The summed E-state index contributed by atoms with van der Waals surface area (Å²) in [5.74, 6) is 0.124. The van der Waals surface area contributed by atoms with Crippen molar-refractivity contribution in [2.24, 2.45) is 16.1 Å². The summed E-state index contributed by atoms with van der Waals surface area (Å²) in [6.45, 7) is 2.15. The first kappa shape index (κ1) is 16.7. The highest BCUT2D eigenvalue weighted by Crippen LogP contribution is 2.40. The van der Waals surface area contributed by atoms with Gasteiger partial charge in [-0.3, -0.25) is 4.79 Å². The SMILES string of the molecule is N#CC1=C(N2CCOCC2)N=C(N)C1(C#N)CC(=O)c1ccccc1. The van der Waals surface area contributed by atoms with Crippen LogP contribution >= 0.6 is 0 Å². The molecule has 1 fully saturated rings. The van der Waals surface area contributed by atoms with E-state index >= 15 is 0 Å². The highest BCUT2D eigenvalue weighted by atomic mass is 16.5. The van der Waals surface area contributed by atoms with Crippen LogP contribution in [-0.2, 0) is 4.74 Å². The number of hydrogen-bond acceptors (Lipinski definition) is 7. The van der Waals surface area contributed by atoms with Crippen molar-refractivity contribution >= 4 is 11.6 Å². The molecule has 7 heteroatoms. The molecule has 0 amide bonds. The van der Waals surface area contributed by atoms with Crippen molar-refractivity contribution < 1.29 is 9.53 Å². The van der Waals surface area contributed by atoms with Crippen LogP contribution in [0.15, 0.2) is 46.7 Å². The monoisotopic (exact) mass is 335 g/mol. The Labute approximate surface area is 145 Å². The van der Waals surface area contributed by atoms with E-state index in [-0.39, 0.29) is 23.6 Å². The molecule has 3 rings (SSSR count). The van der Waals surface area contributed by atoms with Crippen molar-refractivity contribution in [1.29, 1.82) is 10.5 Å². The van der Waals surface area contributed by atoms with E-state index in [0.29, 0.717) is 37.7 Å². The van der Waals surface area contributed by atoms with E-state index in [2.05, 4.69) is 17.1 Å². The minimum atomic E-state index is -1.52. The predicted molar refractivity (Wildman–Crippen MR) is 90.1 cm³/mol. The zero-order chi connectivity index (χ0) is 17.9. The summed E-state index contributed by atoms with van der Waals surface area (Å²) in [5.41, 5.74) is 5.13. The third-order valence-corrected chi connectivity index (χ3v) is 4.45. The zero-order valence-corrected chi connectivity index (χ0v) is 13.6. The minimum Gasteiger partial charge on any atom is -0.385 e. The molecular formula is C18H17N5O2. The first-order valence-corrected chi connectivity index (χ1v) is 7.94. The molecular weight excluding hydrogens is 318 g/mol. The number of morpholine rings is 1. The Balaban J connectivity index is 1.98. The fraction of sp³-hybridized carbons (Fsp3) is 0.333. The lowest BCUT2D eigenvalue weighted by Crippen LogP contribution is -2.38. The zero-order valence-electron chi connectivity index (χ0n) is 13.6. The Hall–Kier alpha value is -3.16. The van der Waals surface area contributed by atoms with E-state index in [0.717, 1.165) is 0 Å². The summed E-state index contributed by atoms with van der Waals surface area (Å²) < 4.78 is 5.31. The number of Topliss-reactive ketones (excluding diaryl/α,β-unsaturated/α-hetero) is 1. The number of carbonyl (C=O) groups excluding carboxylic acids is 1. The number of ether oxygens (including phenoxy) is 1. The van der Waals surface area contributed by atoms with Gasteiger partial charge in [-0.1, -0.05) is 30.3 Å². The van der Waals surface area contributed by atoms with Crippen molar-refractivity contribution in [2.45, 2.75) is 6.42 Å². The van der Waals surface area contributed by atoms with Crippen molar-refractivity contribution in [1.82, 2.24) is 4.90 Å². The molecule has 0 aromatic heterocycles. The Morgan fingerprint density at radius 1 is 1.28 bits per heavy atom. The number of nitriles is 2. The highest BCUT2D eigenvalue weighted by Gasteiger charge is 2.48. The van der Waals surface area contributed by atoms with Crippen LogP contribution in [0.4, 0.5) is 0 Å². The topological polar surface area (TPSA) is 116 Å². The molecule has 2 heterocycles. The third-order valence-electron chi connectivity index (χ3n) is 4.45. The number of amidine groups is 1. The molecule has 0 saturated carbocycles. The molecule has 1 unspecified atom stereocenters. The molecule has 0 radical (unpaired) electrons. The first-order chi connectivity index (χ1) is 12.1. The first-order valence-electron chi connectivity index (χ1n) is 7.94. The van der Waals surface area contributed by atoms with Crippen LogP contribution in [0.5, 0.6) is 0 Å². The summed E-state index contributed by atoms with van der Waals surface area (Å²) >= 11 is 0. The van der Waals surface area contributed by atoms with Gasteiger partial charge in [-0.2, -0.15) is 10.5 Å². The van der Waals surface area contributed by atoms with E-state index in [1.807, 2.05) is 4.90 Å². The molecule has 1 aromatic carbocycles. The number of nitrogens with zero attached hydrogens (tertiary/aromatic N) is 4. The average Bonchev–Trinajstić information content (AvgIpc) is 2.95. The van der Waals surface area contributed by atoms with Gasteiger partial charge in [0.2, 0.25) is 0 Å². The number of carbonyl (C=O) groups is 1. The third kappa shape index (κ3) is 2.86. The Morgan fingerprint density at radius 2 is 1.96 bits per heavy atom. The summed E-state index contributed by atoms with van der Waals surface area (Å²) in [6, 6.07) is 12.8. The van der Waals surface area contributed by atoms with E-state index < -0.39 is 5.41 Å². The maximum absolute atomic E-state index is 12.6. The van der Waals surface area contributed by atoms with Gasteiger partial charge in [-0.15, -0.1) is 0 Å². The van der Waals surface area contributed by atoms with Crippen LogP contribution < -0.4 is 5.73 Å². The maximum atomic E-state index is 12.6. The molecule has 0 spiro atoms. The number of rotatable bonds is 4. The Kier molecular flexibility index (Phi) is 4.51. The molecule has 1 saturated heterocycles. The normalized spacial score (nSPS) is 23.0. The second kappa shape index (κ2) is 6.76. The second-order valence-electron chi connectivity index (χ2n) is 5.89. The van der Waals surface area contributed by atoms with Gasteiger partial charge in [0.15, 0.2) is 11.2 Å². The van der Waals surface area contributed by atoms with Gasteiger partial charge in [-0.25, -0.2) is 4.99 Å². The summed E-state index contributed by atoms with van der Waals surface area (Å²) in [5, 5.41) is 19.5. The van der Waals surface area contributed by atoms with Crippen molar-refractivity contribution in [3.8, 4) is 12.1 Å². The smallest absolute Gasteiger partial charge is 0.165 e. The lowest BCUT2D eigenvalue weighted by atomic mass is 9.76. The minimum absolute atomic E-state index is 0.00248. The molecule has 2 N–H and O–H groups in total. The van der Waals surface area contributed by atoms with E-state index in [1.165, 1.54) is 0 Å². The Morgan fingerprint density at radius 3 is 2.56 bits per heavy atom. The fourth-order valence-electron chi connectivity index (χ4n) is 3.03. The highest BCUT2D eigenvalue weighted by molar-refractivity contribution is 6.05. The maximum Gasteiger partial charge on any atom is 0.165 e. The molecule has 0 bridgehead atoms. The number of ketones is 1. The fourth-order valence-corrected chi connectivity index (χ4v) is 3.03. The van der Waals surface area contributed by atoms with Gasteiger partial charge < -0.3 is 15.4 Å². The Bertz CT molecular complexity index is 825. The molecule has 1 aromatic rings. The van der Waals surface area contributed by atoms with Gasteiger partial charge in [0.1, 0.15) is 23.3 Å².